The number of nitrogens with one attached hydrogen (secondary N) is 1. The molecule has 0 saturated carbocycles. The van der Waals surface area contributed by atoms with E-state index in [0.717, 1.165) is 19.4 Å². The third-order valence-electron chi connectivity index (χ3n) is 3.96. The van der Waals surface area contributed by atoms with E-state index in [4.69, 9.17) is 4.74 Å². The summed E-state index contributed by atoms with van der Waals surface area (Å²) in [6, 6.07) is 10.4. The first-order valence-electron chi connectivity index (χ1n) is 8.30. The van der Waals surface area contributed by atoms with Crippen molar-refractivity contribution in [2.24, 2.45) is 0 Å². The number of aromatic nitrogens is 2. The highest BCUT2D eigenvalue weighted by Crippen LogP contribution is 2.07. The third-order valence-corrected chi connectivity index (χ3v) is 3.96. The molecule has 1 aromatic carbocycles. The summed E-state index contributed by atoms with van der Waals surface area (Å²) in [6.45, 7) is 3.21. The molecule has 0 spiro atoms. The number of benzene rings is 1. The number of anilines is 1. The van der Waals surface area contributed by atoms with Crippen LogP contribution in [0, 0.1) is 0 Å². The van der Waals surface area contributed by atoms with Crippen LogP contribution in [-0.2, 0) is 11.2 Å². The van der Waals surface area contributed by atoms with Crippen LogP contribution in [-0.4, -0.2) is 53.6 Å². The maximum Gasteiger partial charge on any atom is 0.274 e. The van der Waals surface area contributed by atoms with Crippen LogP contribution in [0.3, 0.4) is 0 Å². The molecule has 24 heavy (non-hydrogen) atoms. The lowest BCUT2D eigenvalue weighted by Crippen LogP contribution is -2.41. The van der Waals surface area contributed by atoms with Crippen molar-refractivity contribution in [2.75, 3.05) is 38.2 Å². The second kappa shape index (κ2) is 8.40. The monoisotopic (exact) mass is 326 g/mol. The number of aryl methyl sites for hydroxylation is 1. The second-order valence-electron chi connectivity index (χ2n) is 5.71. The quantitative estimate of drug-likeness (QED) is 0.822. The lowest BCUT2D eigenvalue weighted by atomic mass is 10.1. The van der Waals surface area contributed by atoms with Crippen LogP contribution < -0.4 is 5.32 Å². The van der Waals surface area contributed by atoms with Crippen molar-refractivity contribution in [1.29, 1.82) is 0 Å². The molecule has 0 aliphatic carbocycles. The maximum atomic E-state index is 12.3. The van der Waals surface area contributed by atoms with Gasteiger partial charge < -0.3 is 15.0 Å². The topological polar surface area (TPSA) is 67.4 Å². The first-order chi connectivity index (χ1) is 11.8. The van der Waals surface area contributed by atoms with E-state index < -0.39 is 0 Å². The number of ether oxygens (including phenoxy) is 1. The van der Waals surface area contributed by atoms with Gasteiger partial charge in [0.25, 0.3) is 5.91 Å². The molecule has 3 rings (SSSR count). The fraction of sp³-hybridized carbons (Fsp3) is 0.389. The molecule has 6 heteroatoms. The molecule has 2 heterocycles. The molecule has 6 nitrogen and oxygen atoms in total. The van der Waals surface area contributed by atoms with E-state index in [0.29, 0.717) is 37.8 Å². The number of carbonyl (C=O) groups excluding carboxylic acids is 1. The SMILES string of the molecule is O=C(c1cnc(NCCCc2ccccc2)cn1)N1CCOCC1. The zero-order valence-corrected chi connectivity index (χ0v) is 13.6. The Morgan fingerprint density at radius 3 is 2.62 bits per heavy atom. The van der Waals surface area contributed by atoms with Gasteiger partial charge in [-0.3, -0.25) is 4.79 Å². The highest BCUT2D eigenvalue weighted by atomic mass is 16.5. The number of hydrogen-bond acceptors (Lipinski definition) is 5. The van der Waals surface area contributed by atoms with E-state index in [2.05, 4.69) is 39.6 Å². The number of carbonyl (C=O) groups is 1. The summed E-state index contributed by atoms with van der Waals surface area (Å²) in [5.41, 5.74) is 1.71. The molecule has 1 fully saturated rings. The normalized spacial score (nSPS) is 14.4. The Bertz CT molecular complexity index is 640. The fourth-order valence-electron chi connectivity index (χ4n) is 2.61. The first kappa shape index (κ1) is 16.4. The smallest absolute Gasteiger partial charge is 0.274 e. The maximum absolute atomic E-state index is 12.3. The number of rotatable bonds is 6. The van der Waals surface area contributed by atoms with Crippen LogP contribution in [0.15, 0.2) is 42.7 Å². The van der Waals surface area contributed by atoms with Gasteiger partial charge in [0.15, 0.2) is 0 Å². The largest absolute Gasteiger partial charge is 0.378 e. The molecule has 1 amide bonds. The van der Waals surface area contributed by atoms with Gasteiger partial charge in [-0.15, -0.1) is 0 Å². The van der Waals surface area contributed by atoms with Gasteiger partial charge in [0.05, 0.1) is 25.6 Å². The molecular formula is C18H22N4O2. The first-order valence-corrected chi connectivity index (χ1v) is 8.30. The summed E-state index contributed by atoms with van der Waals surface area (Å²) in [7, 11) is 0. The summed E-state index contributed by atoms with van der Waals surface area (Å²) in [6.07, 6.45) is 5.20. The second-order valence-corrected chi connectivity index (χ2v) is 5.71. The molecule has 0 bridgehead atoms. The zero-order valence-electron chi connectivity index (χ0n) is 13.6. The summed E-state index contributed by atoms with van der Waals surface area (Å²) in [5, 5.41) is 3.24. The average Bonchev–Trinajstić information content (AvgIpc) is 2.67. The van der Waals surface area contributed by atoms with E-state index >= 15 is 0 Å². The molecule has 0 unspecified atom stereocenters. The van der Waals surface area contributed by atoms with Gasteiger partial charge >= 0.3 is 0 Å². The average molecular weight is 326 g/mol. The molecule has 1 N–H and O–H groups in total. The Labute approximate surface area is 141 Å². The lowest BCUT2D eigenvalue weighted by Gasteiger charge is -2.26. The van der Waals surface area contributed by atoms with E-state index in [1.54, 1.807) is 11.1 Å². The van der Waals surface area contributed by atoms with Gasteiger partial charge in [0, 0.05) is 19.6 Å². The fourth-order valence-corrected chi connectivity index (χ4v) is 2.61. The molecule has 1 saturated heterocycles. The summed E-state index contributed by atoms with van der Waals surface area (Å²) < 4.78 is 5.25. The van der Waals surface area contributed by atoms with Crippen LogP contribution >= 0.6 is 0 Å². The number of amides is 1. The van der Waals surface area contributed by atoms with Crippen molar-refractivity contribution in [3.63, 3.8) is 0 Å². The van der Waals surface area contributed by atoms with Crippen LogP contribution in [0.4, 0.5) is 5.82 Å². The minimum atomic E-state index is -0.0820. The Morgan fingerprint density at radius 2 is 1.92 bits per heavy atom. The van der Waals surface area contributed by atoms with Crippen molar-refractivity contribution in [3.05, 3.63) is 54.0 Å². The summed E-state index contributed by atoms with van der Waals surface area (Å²) in [5.74, 6) is 0.614. The van der Waals surface area contributed by atoms with E-state index in [1.165, 1.54) is 11.8 Å². The molecule has 2 aromatic rings. The van der Waals surface area contributed by atoms with Crippen LogP contribution in [0.25, 0.3) is 0 Å². The number of morpholine rings is 1. The molecule has 0 radical (unpaired) electrons. The van der Waals surface area contributed by atoms with E-state index in [-0.39, 0.29) is 5.91 Å². The standard InChI is InChI=1S/C18H22N4O2/c23-18(22-9-11-24-12-10-22)16-13-21-17(14-20-16)19-8-4-7-15-5-2-1-3-6-15/h1-3,5-6,13-14H,4,7-12H2,(H,19,21). The predicted molar refractivity (Wildman–Crippen MR) is 92.0 cm³/mol. The van der Waals surface area contributed by atoms with Gasteiger partial charge in [-0.25, -0.2) is 9.97 Å². The minimum absolute atomic E-state index is 0.0820. The van der Waals surface area contributed by atoms with Crippen LogP contribution in [0.1, 0.15) is 22.5 Å². The van der Waals surface area contributed by atoms with Crippen molar-refractivity contribution in [2.45, 2.75) is 12.8 Å². The molecule has 1 aromatic heterocycles. The van der Waals surface area contributed by atoms with Gasteiger partial charge in [0.2, 0.25) is 0 Å². The number of nitrogens with zero attached hydrogens (tertiary/aromatic N) is 3. The van der Waals surface area contributed by atoms with Gasteiger partial charge in [0.1, 0.15) is 11.5 Å². The molecule has 126 valence electrons. The molecule has 1 aliphatic rings. The Kier molecular flexibility index (Phi) is 5.74. The van der Waals surface area contributed by atoms with Crippen molar-refractivity contribution >= 4 is 11.7 Å². The summed E-state index contributed by atoms with van der Waals surface area (Å²) in [4.78, 5) is 22.5. The molecule has 0 atom stereocenters. The number of hydrogen-bond donors (Lipinski definition) is 1. The minimum Gasteiger partial charge on any atom is -0.378 e. The van der Waals surface area contributed by atoms with E-state index in [9.17, 15) is 4.79 Å². The Morgan fingerprint density at radius 1 is 1.12 bits per heavy atom. The van der Waals surface area contributed by atoms with Gasteiger partial charge in [-0.2, -0.15) is 0 Å². The molecule has 1 aliphatic heterocycles. The molecular weight excluding hydrogens is 304 g/mol. The van der Waals surface area contributed by atoms with Gasteiger partial charge in [-0.1, -0.05) is 30.3 Å². The third kappa shape index (κ3) is 4.52. The van der Waals surface area contributed by atoms with Crippen LogP contribution in [0.5, 0.6) is 0 Å². The van der Waals surface area contributed by atoms with Gasteiger partial charge in [-0.05, 0) is 18.4 Å². The highest BCUT2D eigenvalue weighted by Gasteiger charge is 2.19. The Hall–Kier alpha value is -2.47. The summed E-state index contributed by atoms with van der Waals surface area (Å²) >= 11 is 0. The zero-order chi connectivity index (χ0) is 16.6. The predicted octanol–water partition coefficient (Wildman–Crippen LogP) is 1.99. The van der Waals surface area contributed by atoms with E-state index in [1.807, 2.05) is 6.07 Å². The van der Waals surface area contributed by atoms with Crippen molar-refractivity contribution in [3.8, 4) is 0 Å². The van der Waals surface area contributed by atoms with Crippen LogP contribution in [0.2, 0.25) is 0 Å². The van der Waals surface area contributed by atoms with Crippen molar-refractivity contribution < 1.29 is 9.53 Å². The van der Waals surface area contributed by atoms with Crippen molar-refractivity contribution in [1.82, 2.24) is 14.9 Å². The Balaban J connectivity index is 1.45. The lowest BCUT2D eigenvalue weighted by molar-refractivity contribution is 0.0298. The highest BCUT2D eigenvalue weighted by molar-refractivity contribution is 5.92.